The molecular formula is C20H22F3N3O2. The number of hydrogen-bond acceptors (Lipinski definition) is 4. The number of benzene rings is 1. The number of nitrogens with zero attached hydrogens (tertiary/aromatic N) is 2. The summed E-state index contributed by atoms with van der Waals surface area (Å²) < 4.78 is 44.2. The number of carbonyl (C=O) groups is 1. The van der Waals surface area contributed by atoms with E-state index in [1.165, 1.54) is 24.8 Å². The van der Waals surface area contributed by atoms with Crippen LogP contribution in [0.3, 0.4) is 0 Å². The fourth-order valence-electron chi connectivity index (χ4n) is 3.07. The molecule has 0 bridgehead atoms. The summed E-state index contributed by atoms with van der Waals surface area (Å²) in [5.41, 5.74) is -0.204. The second kappa shape index (κ2) is 9.05. The number of likely N-dealkylation sites (tertiary alicyclic amines) is 1. The largest absolute Gasteiger partial charge is 0.439 e. The van der Waals surface area contributed by atoms with E-state index < -0.39 is 11.7 Å². The van der Waals surface area contributed by atoms with Crippen molar-refractivity contribution in [3.8, 4) is 11.6 Å². The highest BCUT2D eigenvalue weighted by atomic mass is 19.4. The summed E-state index contributed by atoms with van der Waals surface area (Å²) in [5, 5.41) is 2.83. The Morgan fingerprint density at radius 1 is 1.14 bits per heavy atom. The molecule has 150 valence electrons. The van der Waals surface area contributed by atoms with Crippen LogP contribution in [-0.2, 0) is 17.5 Å². The summed E-state index contributed by atoms with van der Waals surface area (Å²) in [4.78, 5) is 18.4. The maximum atomic E-state index is 12.9. The van der Waals surface area contributed by atoms with Gasteiger partial charge in [-0.15, -0.1) is 0 Å². The first-order valence-electron chi connectivity index (χ1n) is 9.20. The number of hydrogen-bond donors (Lipinski definition) is 1. The first kappa shape index (κ1) is 20.1. The van der Waals surface area contributed by atoms with E-state index >= 15 is 0 Å². The lowest BCUT2D eigenvalue weighted by molar-refractivity contribution is -0.137. The predicted octanol–water partition coefficient (Wildman–Crippen LogP) is 3.99. The van der Waals surface area contributed by atoms with E-state index in [2.05, 4.69) is 15.2 Å². The van der Waals surface area contributed by atoms with Crippen LogP contribution < -0.4 is 10.1 Å². The van der Waals surface area contributed by atoms with Crippen molar-refractivity contribution in [2.45, 2.75) is 32.0 Å². The van der Waals surface area contributed by atoms with Gasteiger partial charge in [-0.25, -0.2) is 4.98 Å². The molecule has 1 aromatic carbocycles. The van der Waals surface area contributed by atoms with Crippen LogP contribution in [0.2, 0.25) is 0 Å². The zero-order chi connectivity index (χ0) is 20.0. The monoisotopic (exact) mass is 393 g/mol. The molecule has 1 N–H and O–H groups in total. The Kier molecular flexibility index (Phi) is 6.51. The van der Waals surface area contributed by atoms with Gasteiger partial charge >= 0.3 is 6.18 Å². The third-order valence-corrected chi connectivity index (χ3v) is 4.52. The van der Waals surface area contributed by atoms with E-state index in [1.807, 2.05) is 0 Å². The first-order valence-corrected chi connectivity index (χ1v) is 9.20. The maximum absolute atomic E-state index is 12.9. The second-order valence-electron chi connectivity index (χ2n) is 6.71. The molecule has 2 heterocycles. The van der Waals surface area contributed by atoms with Gasteiger partial charge in [0.1, 0.15) is 5.75 Å². The molecule has 28 heavy (non-hydrogen) atoms. The summed E-state index contributed by atoms with van der Waals surface area (Å²) >= 11 is 0. The van der Waals surface area contributed by atoms with Crippen LogP contribution in [0.4, 0.5) is 13.2 Å². The lowest BCUT2D eigenvalue weighted by Gasteiger charge is -2.25. The van der Waals surface area contributed by atoms with Crippen LogP contribution in [0.15, 0.2) is 42.6 Å². The summed E-state index contributed by atoms with van der Waals surface area (Å²) in [6, 6.07) is 8.02. The molecule has 0 atom stereocenters. The van der Waals surface area contributed by atoms with Crippen LogP contribution in [0.1, 0.15) is 30.4 Å². The highest BCUT2D eigenvalue weighted by Crippen LogP contribution is 2.32. The molecule has 1 aliphatic rings. The Balaban J connectivity index is 1.62. The van der Waals surface area contributed by atoms with Gasteiger partial charge in [0, 0.05) is 18.3 Å². The fraction of sp³-hybridized carbons (Fsp3) is 0.400. The minimum Gasteiger partial charge on any atom is -0.439 e. The van der Waals surface area contributed by atoms with Gasteiger partial charge in [0.2, 0.25) is 11.8 Å². The molecule has 5 nitrogen and oxygen atoms in total. The van der Waals surface area contributed by atoms with Gasteiger partial charge in [0.15, 0.2) is 0 Å². The average Bonchev–Trinajstić information content (AvgIpc) is 2.68. The molecule has 1 fully saturated rings. The maximum Gasteiger partial charge on any atom is 0.416 e. The van der Waals surface area contributed by atoms with Gasteiger partial charge in [0.05, 0.1) is 12.1 Å². The number of halogens is 3. The van der Waals surface area contributed by atoms with Crippen molar-refractivity contribution in [3.63, 3.8) is 0 Å². The molecule has 1 aliphatic heterocycles. The van der Waals surface area contributed by atoms with E-state index in [0.717, 1.165) is 38.1 Å². The third kappa shape index (κ3) is 5.69. The summed E-state index contributed by atoms with van der Waals surface area (Å²) in [5.74, 6) is 0.102. The number of carbonyl (C=O) groups excluding carboxylic acids is 1. The minimum atomic E-state index is -4.45. The number of rotatable bonds is 6. The number of aromatic nitrogens is 1. The average molecular weight is 393 g/mol. The van der Waals surface area contributed by atoms with Crippen LogP contribution in [0.5, 0.6) is 11.6 Å². The van der Waals surface area contributed by atoms with Crippen LogP contribution in [0, 0.1) is 0 Å². The van der Waals surface area contributed by atoms with Crippen molar-refractivity contribution in [2.75, 3.05) is 19.6 Å². The number of alkyl halides is 3. The highest BCUT2D eigenvalue weighted by molar-refractivity contribution is 5.78. The van der Waals surface area contributed by atoms with E-state index in [0.29, 0.717) is 12.1 Å². The molecule has 1 aromatic heterocycles. The number of amides is 1. The van der Waals surface area contributed by atoms with Gasteiger partial charge < -0.3 is 10.1 Å². The lowest BCUT2D eigenvalue weighted by atomic mass is 10.1. The van der Waals surface area contributed by atoms with E-state index in [4.69, 9.17) is 4.74 Å². The molecule has 2 aromatic rings. The molecule has 3 rings (SSSR count). The van der Waals surface area contributed by atoms with Gasteiger partial charge in [-0.2, -0.15) is 13.2 Å². The number of ether oxygens (including phenoxy) is 1. The number of piperidine rings is 1. The summed E-state index contributed by atoms with van der Waals surface area (Å²) in [6.45, 7) is 2.37. The van der Waals surface area contributed by atoms with Crippen molar-refractivity contribution < 1.29 is 22.7 Å². The smallest absolute Gasteiger partial charge is 0.416 e. The predicted molar refractivity (Wildman–Crippen MR) is 97.9 cm³/mol. The van der Waals surface area contributed by atoms with Crippen molar-refractivity contribution >= 4 is 5.91 Å². The van der Waals surface area contributed by atoms with Crippen LogP contribution >= 0.6 is 0 Å². The van der Waals surface area contributed by atoms with Gasteiger partial charge in [-0.1, -0.05) is 18.6 Å². The molecule has 1 saturated heterocycles. The van der Waals surface area contributed by atoms with E-state index in [-0.39, 0.29) is 24.1 Å². The van der Waals surface area contributed by atoms with Gasteiger partial charge in [-0.05, 0) is 50.2 Å². The summed E-state index contributed by atoms with van der Waals surface area (Å²) in [6.07, 6.45) is 0.441. The molecule has 0 spiro atoms. The van der Waals surface area contributed by atoms with Crippen LogP contribution in [0.25, 0.3) is 0 Å². The fourth-order valence-corrected chi connectivity index (χ4v) is 3.07. The topological polar surface area (TPSA) is 54.5 Å². The Morgan fingerprint density at radius 2 is 1.93 bits per heavy atom. The highest BCUT2D eigenvalue weighted by Gasteiger charge is 2.30. The molecule has 0 saturated carbocycles. The molecule has 8 heteroatoms. The zero-order valence-electron chi connectivity index (χ0n) is 15.3. The van der Waals surface area contributed by atoms with Crippen molar-refractivity contribution in [2.24, 2.45) is 0 Å². The Hall–Kier alpha value is -2.61. The van der Waals surface area contributed by atoms with Crippen molar-refractivity contribution in [1.82, 2.24) is 15.2 Å². The molecule has 0 radical (unpaired) electrons. The number of nitrogens with one attached hydrogen (secondary N) is 1. The molecule has 1 amide bonds. The summed E-state index contributed by atoms with van der Waals surface area (Å²) in [7, 11) is 0. The van der Waals surface area contributed by atoms with Gasteiger partial charge in [-0.3, -0.25) is 9.69 Å². The second-order valence-corrected chi connectivity index (χ2v) is 6.71. The van der Waals surface area contributed by atoms with E-state index in [9.17, 15) is 18.0 Å². The standard InChI is InChI=1S/C20H22F3N3O2/c21-20(22,23)16-7-4-8-17(12-16)28-19-15(6-5-9-24-19)13-25-18(27)14-26-10-2-1-3-11-26/h4-9,12H,1-3,10-11,13-14H2,(H,25,27). The first-order chi connectivity index (χ1) is 13.4. The molecule has 0 aliphatic carbocycles. The quantitative estimate of drug-likeness (QED) is 0.806. The van der Waals surface area contributed by atoms with Crippen molar-refractivity contribution in [3.05, 3.63) is 53.7 Å². The third-order valence-electron chi connectivity index (χ3n) is 4.52. The lowest BCUT2D eigenvalue weighted by Crippen LogP contribution is -2.39. The molecular weight excluding hydrogens is 371 g/mol. The van der Waals surface area contributed by atoms with Gasteiger partial charge in [0.25, 0.3) is 0 Å². The van der Waals surface area contributed by atoms with Crippen molar-refractivity contribution in [1.29, 1.82) is 0 Å². The van der Waals surface area contributed by atoms with Crippen LogP contribution in [-0.4, -0.2) is 35.4 Å². The zero-order valence-corrected chi connectivity index (χ0v) is 15.3. The number of pyridine rings is 1. The normalized spacial score (nSPS) is 15.2. The Labute approximate surface area is 161 Å². The molecule has 0 unspecified atom stereocenters. The SMILES string of the molecule is O=C(CN1CCCCC1)NCc1cccnc1Oc1cccc(C(F)(F)F)c1. The van der Waals surface area contributed by atoms with E-state index in [1.54, 1.807) is 12.1 Å². The Morgan fingerprint density at radius 3 is 2.68 bits per heavy atom. The minimum absolute atomic E-state index is 0.0365. The Bertz CT molecular complexity index is 805.